The molecule has 1 aromatic heterocycles. The summed E-state index contributed by atoms with van der Waals surface area (Å²) in [5.74, 6) is 0.192. The van der Waals surface area contributed by atoms with Crippen molar-refractivity contribution in [3.05, 3.63) is 24.0 Å². The maximum atomic E-state index is 11.8. The molecule has 2 atom stereocenters. The Bertz CT molecular complexity index is 423. The van der Waals surface area contributed by atoms with Crippen LogP contribution in [0.4, 0.5) is 5.69 Å². The molecule has 2 N–H and O–H groups in total. The minimum atomic E-state index is -0.922. The summed E-state index contributed by atoms with van der Waals surface area (Å²) in [5, 5.41) is 5.70. The molecule has 17 heavy (non-hydrogen) atoms. The fourth-order valence-electron chi connectivity index (χ4n) is 1.40. The van der Waals surface area contributed by atoms with Gasteiger partial charge in [-0.2, -0.15) is 0 Å². The van der Waals surface area contributed by atoms with Crippen molar-refractivity contribution in [2.75, 3.05) is 24.4 Å². The minimum Gasteiger partial charge on any atom is -0.388 e. The predicted molar refractivity (Wildman–Crippen MR) is 69.6 cm³/mol. The molecule has 0 aliphatic rings. The van der Waals surface area contributed by atoms with E-state index in [-0.39, 0.29) is 11.9 Å². The molecule has 0 aromatic carbocycles. The molecule has 1 aromatic rings. The molecule has 0 aliphatic carbocycles. The van der Waals surface area contributed by atoms with Gasteiger partial charge in [0.25, 0.3) is 5.91 Å². The largest absolute Gasteiger partial charge is 0.388 e. The van der Waals surface area contributed by atoms with Crippen LogP contribution in [0.3, 0.4) is 0 Å². The third-order valence-electron chi connectivity index (χ3n) is 2.14. The number of hydrogen-bond donors (Lipinski definition) is 2. The van der Waals surface area contributed by atoms with E-state index in [1.165, 1.54) is 0 Å². The third-order valence-corrected chi connectivity index (χ3v) is 3.11. The molecule has 0 radical (unpaired) electrons. The number of aromatic nitrogens is 1. The normalized spacial score (nSPS) is 13.8. The number of anilines is 1. The van der Waals surface area contributed by atoms with Gasteiger partial charge in [0.1, 0.15) is 5.69 Å². The smallest absolute Gasteiger partial charge is 0.270 e. The summed E-state index contributed by atoms with van der Waals surface area (Å²) < 4.78 is 11.0. The lowest BCUT2D eigenvalue weighted by Gasteiger charge is -2.12. The lowest BCUT2D eigenvalue weighted by molar-refractivity contribution is 0.0938. The van der Waals surface area contributed by atoms with Gasteiger partial charge in [0, 0.05) is 47.8 Å². The van der Waals surface area contributed by atoms with Crippen LogP contribution in [-0.2, 0) is 10.8 Å². The number of carbonyl (C=O) groups is 1. The molecule has 0 spiro atoms. The van der Waals surface area contributed by atoms with E-state index in [0.717, 1.165) is 5.69 Å². The number of rotatable bonds is 5. The molecule has 0 bridgehead atoms. The van der Waals surface area contributed by atoms with Gasteiger partial charge in [-0.25, -0.2) is 0 Å². The van der Waals surface area contributed by atoms with E-state index in [1.807, 2.05) is 6.92 Å². The molecule has 0 saturated carbocycles. The molecule has 6 heteroatoms. The molecule has 94 valence electrons. The Labute approximate surface area is 103 Å². The van der Waals surface area contributed by atoms with Crippen LogP contribution in [0.1, 0.15) is 17.4 Å². The Kier molecular flexibility index (Phi) is 5.09. The SMILES string of the molecule is CNc1ccnc(C(=O)NC(C)CS(C)=O)c1. The van der Waals surface area contributed by atoms with E-state index >= 15 is 0 Å². The molecule has 0 aliphatic heterocycles. The Hall–Kier alpha value is -1.43. The summed E-state index contributed by atoms with van der Waals surface area (Å²) in [7, 11) is 0.856. The zero-order valence-electron chi connectivity index (χ0n) is 10.2. The van der Waals surface area contributed by atoms with E-state index in [4.69, 9.17) is 0 Å². The number of carbonyl (C=O) groups excluding carboxylic acids is 1. The van der Waals surface area contributed by atoms with Crippen molar-refractivity contribution in [2.24, 2.45) is 0 Å². The van der Waals surface area contributed by atoms with Crippen LogP contribution in [0.15, 0.2) is 18.3 Å². The lowest BCUT2D eigenvalue weighted by Crippen LogP contribution is -2.36. The van der Waals surface area contributed by atoms with Gasteiger partial charge in [0.05, 0.1) is 0 Å². The highest BCUT2D eigenvalue weighted by molar-refractivity contribution is 7.84. The van der Waals surface area contributed by atoms with E-state index in [2.05, 4.69) is 15.6 Å². The number of amides is 1. The van der Waals surface area contributed by atoms with Gasteiger partial charge in [-0.05, 0) is 19.1 Å². The van der Waals surface area contributed by atoms with E-state index < -0.39 is 10.8 Å². The molecule has 0 saturated heterocycles. The van der Waals surface area contributed by atoms with Crippen molar-refractivity contribution in [2.45, 2.75) is 13.0 Å². The fourth-order valence-corrected chi connectivity index (χ4v) is 2.19. The van der Waals surface area contributed by atoms with Crippen molar-refractivity contribution in [1.82, 2.24) is 10.3 Å². The molecule has 2 unspecified atom stereocenters. The summed E-state index contributed by atoms with van der Waals surface area (Å²) in [6.45, 7) is 1.82. The van der Waals surface area contributed by atoms with Crippen molar-refractivity contribution in [3.8, 4) is 0 Å². The summed E-state index contributed by atoms with van der Waals surface area (Å²) >= 11 is 0. The lowest BCUT2D eigenvalue weighted by atomic mass is 10.3. The van der Waals surface area contributed by atoms with Crippen LogP contribution < -0.4 is 10.6 Å². The summed E-state index contributed by atoms with van der Waals surface area (Å²) in [5.41, 5.74) is 1.18. The maximum absolute atomic E-state index is 11.8. The fraction of sp³-hybridized carbons (Fsp3) is 0.455. The highest BCUT2D eigenvalue weighted by Gasteiger charge is 2.12. The highest BCUT2D eigenvalue weighted by atomic mass is 32.2. The molecule has 0 fully saturated rings. The average Bonchev–Trinajstić information content (AvgIpc) is 2.27. The van der Waals surface area contributed by atoms with Crippen LogP contribution >= 0.6 is 0 Å². The van der Waals surface area contributed by atoms with Crippen molar-refractivity contribution in [3.63, 3.8) is 0 Å². The van der Waals surface area contributed by atoms with Crippen molar-refractivity contribution < 1.29 is 9.00 Å². The number of nitrogens with one attached hydrogen (secondary N) is 2. The first-order valence-electron chi connectivity index (χ1n) is 5.27. The number of pyridine rings is 1. The molecular formula is C11H17N3O2S. The second kappa shape index (κ2) is 6.34. The first-order chi connectivity index (χ1) is 8.02. The Morgan fingerprint density at radius 1 is 1.59 bits per heavy atom. The first kappa shape index (κ1) is 13.6. The predicted octanol–water partition coefficient (Wildman–Crippen LogP) is 0.620. The Morgan fingerprint density at radius 2 is 2.29 bits per heavy atom. The van der Waals surface area contributed by atoms with Gasteiger partial charge in [0.15, 0.2) is 0 Å². The van der Waals surface area contributed by atoms with E-state index in [0.29, 0.717) is 11.4 Å². The standard InChI is InChI=1S/C11H17N3O2S/c1-8(7-17(3)16)14-11(15)10-6-9(12-2)4-5-13-10/h4-6,8H,7H2,1-3H3,(H,12,13)(H,14,15). The quantitative estimate of drug-likeness (QED) is 0.809. The van der Waals surface area contributed by atoms with Gasteiger partial charge in [-0.3, -0.25) is 14.0 Å². The van der Waals surface area contributed by atoms with Gasteiger partial charge >= 0.3 is 0 Å². The van der Waals surface area contributed by atoms with Crippen molar-refractivity contribution in [1.29, 1.82) is 0 Å². The van der Waals surface area contributed by atoms with Gasteiger partial charge in [-0.1, -0.05) is 0 Å². The van der Waals surface area contributed by atoms with E-state index in [9.17, 15) is 9.00 Å². The van der Waals surface area contributed by atoms with Crippen LogP contribution in [-0.4, -0.2) is 40.2 Å². The molecule has 1 heterocycles. The molecule has 1 rings (SSSR count). The zero-order chi connectivity index (χ0) is 12.8. The Morgan fingerprint density at radius 3 is 2.88 bits per heavy atom. The average molecular weight is 255 g/mol. The molecule has 5 nitrogen and oxygen atoms in total. The van der Waals surface area contributed by atoms with Crippen LogP contribution in [0.5, 0.6) is 0 Å². The van der Waals surface area contributed by atoms with Gasteiger partial charge in [-0.15, -0.1) is 0 Å². The molecule has 1 amide bonds. The van der Waals surface area contributed by atoms with Crippen LogP contribution in [0.2, 0.25) is 0 Å². The van der Waals surface area contributed by atoms with Crippen LogP contribution in [0, 0.1) is 0 Å². The van der Waals surface area contributed by atoms with Crippen LogP contribution in [0.25, 0.3) is 0 Å². The highest BCUT2D eigenvalue weighted by Crippen LogP contribution is 2.06. The number of nitrogens with zero attached hydrogens (tertiary/aromatic N) is 1. The maximum Gasteiger partial charge on any atom is 0.270 e. The first-order valence-corrected chi connectivity index (χ1v) is 7.00. The summed E-state index contributed by atoms with van der Waals surface area (Å²) in [6.07, 6.45) is 3.19. The Balaban J connectivity index is 2.66. The third kappa shape index (κ3) is 4.52. The second-order valence-corrected chi connectivity index (χ2v) is 5.27. The second-order valence-electron chi connectivity index (χ2n) is 3.79. The monoisotopic (exact) mass is 255 g/mol. The van der Waals surface area contributed by atoms with Gasteiger partial charge < -0.3 is 10.6 Å². The van der Waals surface area contributed by atoms with E-state index in [1.54, 1.807) is 31.6 Å². The minimum absolute atomic E-state index is 0.131. The van der Waals surface area contributed by atoms with Gasteiger partial charge in [0.2, 0.25) is 0 Å². The number of hydrogen-bond acceptors (Lipinski definition) is 4. The zero-order valence-corrected chi connectivity index (χ0v) is 11.0. The molecular weight excluding hydrogens is 238 g/mol. The van der Waals surface area contributed by atoms with Crippen molar-refractivity contribution >= 4 is 22.4 Å². The summed E-state index contributed by atoms with van der Waals surface area (Å²) in [6, 6.07) is 3.32. The summed E-state index contributed by atoms with van der Waals surface area (Å²) in [4.78, 5) is 15.8. The topological polar surface area (TPSA) is 71.1 Å².